The third-order valence-corrected chi connectivity index (χ3v) is 4.32. The molecule has 0 aliphatic heterocycles. The van der Waals surface area contributed by atoms with Gasteiger partial charge in [-0.2, -0.15) is 13.2 Å². The first-order valence-electron chi connectivity index (χ1n) is 8.21. The Bertz CT molecular complexity index is 592. The van der Waals surface area contributed by atoms with E-state index in [1.165, 1.54) is 13.3 Å². The van der Waals surface area contributed by atoms with Crippen LogP contribution in [0.3, 0.4) is 0 Å². The quantitative estimate of drug-likeness (QED) is 0.695. The fraction of sp³-hybridized carbons (Fsp3) is 0.647. The van der Waals surface area contributed by atoms with Crippen LogP contribution in [0.4, 0.5) is 13.2 Å². The number of rotatable bonds is 7. The molecule has 25 heavy (non-hydrogen) atoms. The van der Waals surface area contributed by atoms with Crippen molar-refractivity contribution in [1.29, 1.82) is 0 Å². The number of pyridine rings is 1. The van der Waals surface area contributed by atoms with Gasteiger partial charge in [-0.05, 0) is 43.2 Å². The van der Waals surface area contributed by atoms with Gasteiger partial charge >= 0.3 is 12.1 Å². The first kappa shape index (κ1) is 19.5. The molecule has 1 aliphatic carbocycles. The molecule has 1 heterocycles. The summed E-state index contributed by atoms with van der Waals surface area (Å²) in [6, 6.07) is 1.11. The molecule has 2 atom stereocenters. The summed E-state index contributed by atoms with van der Waals surface area (Å²) in [4.78, 5) is 15.1. The first-order valence-corrected chi connectivity index (χ1v) is 8.21. The van der Waals surface area contributed by atoms with Crippen molar-refractivity contribution in [3.05, 3.63) is 23.4 Å². The van der Waals surface area contributed by atoms with Gasteiger partial charge in [-0.3, -0.25) is 0 Å². The summed E-state index contributed by atoms with van der Waals surface area (Å²) in [5.74, 6) is -0.903. The van der Waals surface area contributed by atoms with Crippen LogP contribution in [0.1, 0.15) is 43.2 Å². The molecular formula is C17H22F3NO4. The van der Waals surface area contributed by atoms with Gasteiger partial charge in [0.1, 0.15) is 12.2 Å². The van der Waals surface area contributed by atoms with E-state index in [2.05, 4.69) is 4.98 Å². The summed E-state index contributed by atoms with van der Waals surface area (Å²) in [6.45, 7) is 2.15. The van der Waals surface area contributed by atoms with Gasteiger partial charge in [0.05, 0.1) is 20.3 Å². The fourth-order valence-electron chi connectivity index (χ4n) is 3.21. The molecule has 1 aliphatic rings. The monoisotopic (exact) mass is 361 g/mol. The summed E-state index contributed by atoms with van der Waals surface area (Å²) < 4.78 is 54.4. The molecule has 5 nitrogen and oxygen atoms in total. The Morgan fingerprint density at radius 3 is 2.76 bits per heavy atom. The molecule has 0 bridgehead atoms. The topological polar surface area (TPSA) is 57.7 Å². The average Bonchev–Trinajstić information content (AvgIpc) is 3.02. The van der Waals surface area contributed by atoms with E-state index in [9.17, 15) is 18.0 Å². The van der Waals surface area contributed by atoms with Crippen molar-refractivity contribution in [2.45, 2.75) is 38.3 Å². The molecule has 1 aromatic heterocycles. The van der Waals surface area contributed by atoms with Gasteiger partial charge in [-0.1, -0.05) is 6.42 Å². The molecule has 2 rings (SSSR count). The zero-order valence-corrected chi connectivity index (χ0v) is 14.3. The van der Waals surface area contributed by atoms with Crippen molar-refractivity contribution in [2.24, 2.45) is 5.92 Å². The van der Waals surface area contributed by atoms with Crippen LogP contribution in [-0.2, 0) is 20.4 Å². The minimum atomic E-state index is -4.52. The molecule has 2 unspecified atom stereocenters. The van der Waals surface area contributed by atoms with E-state index in [4.69, 9.17) is 14.2 Å². The number of aromatic nitrogens is 1. The summed E-state index contributed by atoms with van der Waals surface area (Å²) in [6.07, 6.45) is -0.601. The van der Waals surface area contributed by atoms with Gasteiger partial charge in [0.15, 0.2) is 0 Å². The van der Waals surface area contributed by atoms with Crippen molar-refractivity contribution in [2.75, 3.05) is 26.9 Å². The molecule has 0 N–H and O–H groups in total. The molecule has 1 saturated carbocycles. The highest BCUT2D eigenvalue weighted by Gasteiger charge is 2.37. The molecule has 1 fully saturated rings. The standard InChI is InChI=1S/C17H22F3NO4/c1-3-25-15(22)10-24-9-11-5-4-6-13(11)12-7-14(17(18,19)20)16(23-2)21-8-12/h7-8,11,13H,3-6,9-10H2,1-2H3. The Kier molecular flexibility index (Phi) is 6.64. The van der Waals surface area contributed by atoms with E-state index in [1.54, 1.807) is 6.92 Å². The first-order chi connectivity index (χ1) is 11.9. The van der Waals surface area contributed by atoms with Crippen molar-refractivity contribution < 1.29 is 32.2 Å². The molecule has 0 amide bonds. The van der Waals surface area contributed by atoms with Gasteiger partial charge in [0.2, 0.25) is 5.88 Å². The van der Waals surface area contributed by atoms with Crippen LogP contribution >= 0.6 is 0 Å². The number of hydrogen-bond acceptors (Lipinski definition) is 5. The molecule has 0 spiro atoms. The Hall–Kier alpha value is -1.83. The molecule has 0 radical (unpaired) electrons. The highest BCUT2D eigenvalue weighted by Crippen LogP contribution is 2.42. The highest BCUT2D eigenvalue weighted by molar-refractivity contribution is 5.70. The number of esters is 1. The Morgan fingerprint density at radius 2 is 2.12 bits per heavy atom. The van der Waals surface area contributed by atoms with Crippen molar-refractivity contribution in [1.82, 2.24) is 4.98 Å². The lowest BCUT2D eigenvalue weighted by molar-refractivity contribution is -0.149. The van der Waals surface area contributed by atoms with Gasteiger partial charge in [-0.25, -0.2) is 9.78 Å². The lowest BCUT2D eigenvalue weighted by atomic mass is 9.89. The molecule has 140 valence electrons. The van der Waals surface area contributed by atoms with Crippen LogP contribution in [0.2, 0.25) is 0 Å². The number of nitrogens with zero attached hydrogens (tertiary/aromatic N) is 1. The summed E-state index contributed by atoms with van der Waals surface area (Å²) >= 11 is 0. The second-order valence-electron chi connectivity index (χ2n) is 5.94. The van der Waals surface area contributed by atoms with Gasteiger partial charge < -0.3 is 14.2 Å². The maximum absolute atomic E-state index is 13.2. The lowest BCUT2D eigenvalue weighted by Gasteiger charge is -2.21. The Morgan fingerprint density at radius 1 is 1.36 bits per heavy atom. The average molecular weight is 361 g/mol. The van der Waals surface area contributed by atoms with E-state index in [0.717, 1.165) is 25.3 Å². The number of hydrogen-bond donors (Lipinski definition) is 0. The number of carbonyl (C=O) groups is 1. The van der Waals surface area contributed by atoms with Crippen LogP contribution in [0.5, 0.6) is 5.88 Å². The SMILES string of the molecule is CCOC(=O)COCC1CCCC1c1cnc(OC)c(C(F)(F)F)c1. The van der Waals surface area contributed by atoms with E-state index in [0.29, 0.717) is 12.2 Å². The third-order valence-electron chi connectivity index (χ3n) is 4.32. The van der Waals surface area contributed by atoms with E-state index in [-0.39, 0.29) is 25.0 Å². The summed E-state index contributed by atoms with van der Waals surface area (Å²) in [5.41, 5.74) is -0.346. The zero-order chi connectivity index (χ0) is 18.4. The molecule has 0 aromatic carbocycles. The normalized spacial score (nSPS) is 20.5. The van der Waals surface area contributed by atoms with Crippen molar-refractivity contribution >= 4 is 5.97 Å². The van der Waals surface area contributed by atoms with Crippen LogP contribution < -0.4 is 4.74 Å². The third kappa shape index (κ3) is 5.07. The van der Waals surface area contributed by atoms with Crippen LogP contribution in [-0.4, -0.2) is 37.9 Å². The number of methoxy groups -OCH3 is 1. The number of carbonyl (C=O) groups excluding carboxylic acids is 1. The fourth-order valence-corrected chi connectivity index (χ4v) is 3.21. The Balaban J connectivity index is 2.07. The van der Waals surface area contributed by atoms with E-state index in [1.807, 2.05) is 0 Å². The van der Waals surface area contributed by atoms with Crippen molar-refractivity contribution in [3.63, 3.8) is 0 Å². The minimum absolute atomic E-state index is 0.0469. The van der Waals surface area contributed by atoms with Crippen LogP contribution in [0.15, 0.2) is 12.3 Å². The van der Waals surface area contributed by atoms with Crippen molar-refractivity contribution in [3.8, 4) is 5.88 Å². The highest BCUT2D eigenvalue weighted by atomic mass is 19.4. The Labute approximate surface area is 144 Å². The minimum Gasteiger partial charge on any atom is -0.481 e. The zero-order valence-electron chi connectivity index (χ0n) is 14.3. The van der Waals surface area contributed by atoms with Gasteiger partial charge in [0.25, 0.3) is 0 Å². The summed E-state index contributed by atoms with van der Waals surface area (Å²) in [7, 11) is 1.17. The van der Waals surface area contributed by atoms with Crippen LogP contribution in [0, 0.1) is 5.92 Å². The predicted molar refractivity (Wildman–Crippen MR) is 83.3 cm³/mol. The molecule has 1 aromatic rings. The second kappa shape index (κ2) is 8.51. The van der Waals surface area contributed by atoms with E-state index >= 15 is 0 Å². The second-order valence-corrected chi connectivity index (χ2v) is 5.94. The predicted octanol–water partition coefficient (Wildman–Crippen LogP) is 3.57. The number of ether oxygens (including phenoxy) is 3. The van der Waals surface area contributed by atoms with E-state index < -0.39 is 23.6 Å². The maximum atomic E-state index is 13.2. The number of halogens is 3. The molecule has 0 saturated heterocycles. The maximum Gasteiger partial charge on any atom is 0.421 e. The largest absolute Gasteiger partial charge is 0.481 e. The lowest BCUT2D eigenvalue weighted by Crippen LogP contribution is -2.19. The van der Waals surface area contributed by atoms with Gasteiger partial charge in [-0.15, -0.1) is 0 Å². The molecular weight excluding hydrogens is 339 g/mol. The summed E-state index contributed by atoms with van der Waals surface area (Å²) in [5, 5.41) is 0. The smallest absolute Gasteiger partial charge is 0.421 e. The number of alkyl halides is 3. The molecule has 8 heteroatoms. The van der Waals surface area contributed by atoms with Gasteiger partial charge in [0, 0.05) is 6.20 Å². The van der Waals surface area contributed by atoms with Crippen LogP contribution in [0.25, 0.3) is 0 Å².